The minimum absolute atomic E-state index is 0.228. The number of rotatable bonds is 4. The smallest absolute Gasteiger partial charge is 0.115 e. The number of ether oxygens (including phenoxy) is 1. The molecule has 1 unspecified atom stereocenters. The molecule has 1 aliphatic rings. The van der Waals surface area contributed by atoms with E-state index in [2.05, 4.69) is 20.8 Å². The highest BCUT2D eigenvalue weighted by Gasteiger charge is 2.48. The number of hydrogen-bond acceptors (Lipinski definition) is 2. The van der Waals surface area contributed by atoms with Crippen LogP contribution in [0.1, 0.15) is 34.1 Å². The minimum Gasteiger partial charge on any atom is -0.390 e. The Morgan fingerprint density at radius 3 is 2.25 bits per heavy atom. The summed E-state index contributed by atoms with van der Waals surface area (Å²) in [6, 6.07) is 0. The first kappa shape index (κ1) is 10.0. The van der Waals surface area contributed by atoms with Crippen LogP contribution in [0.15, 0.2) is 0 Å². The standard InChI is InChI=1S/C10H20O2/c1-7(2)5-8(3)9(11)10(4)6-12-10/h7-9,11H,5-6H2,1-4H3/t8?,9-,10+/m0/s1. The van der Waals surface area contributed by atoms with E-state index >= 15 is 0 Å². The Hall–Kier alpha value is -0.0800. The number of aliphatic hydroxyl groups excluding tert-OH is 1. The quantitative estimate of drug-likeness (QED) is 0.656. The third-order valence-corrected chi connectivity index (χ3v) is 2.61. The van der Waals surface area contributed by atoms with Gasteiger partial charge in [-0.15, -0.1) is 0 Å². The van der Waals surface area contributed by atoms with Gasteiger partial charge in [-0.1, -0.05) is 20.8 Å². The summed E-state index contributed by atoms with van der Waals surface area (Å²) in [5.41, 5.74) is -0.228. The zero-order valence-corrected chi connectivity index (χ0v) is 8.50. The molecule has 1 rings (SSSR count). The molecule has 0 aliphatic carbocycles. The summed E-state index contributed by atoms with van der Waals surface area (Å²) in [5.74, 6) is 0.995. The molecule has 0 aromatic rings. The Kier molecular flexibility index (Phi) is 2.79. The van der Waals surface area contributed by atoms with Crippen molar-refractivity contribution >= 4 is 0 Å². The maximum atomic E-state index is 9.84. The van der Waals surface area contributed by atoms with Gasteiger partial charge in [-0.2, -0.15) is 0 Å². The molecule has 0 saturated carbocycles. The summed E-state index contributed by atoms with van der Waals surface area (Å²) in [4.78, 5) is 0. The van der Waals surface area contributed by atoms with Crippen molar-refractivity contribution in [2.45, 2.75) is 45.8 Å². The summed E-state index contributed by atoms with van der Waals surface area (Å²) in [6.45, 7) is 9.15. The van der Waals surface area contributed by atoms with Gasteiger partial charge in [0.15, 0.2) is 0 Å². The molecular weight excluding hydrogens is 152 g/mol. The Morgan fingerprint density at radius 2 is 1.92 bits per heavy atom. The fraction of sp³-hybridized carbons (Fsp3) is 1.00. The maximum absolute atomic E-state index is 9.84. The molecule has 72 valence electrons. The van der Waals surface area contributed by atoms with Gasteiger partial charge in [0.1, 0.15) is 5.60 Å². The van der Waals surface area contributed by atoms with E-state index in [0.29, 0.717) is 11.8 Å². The summed E-state index contributed by atoms with van der Waals surface area (Å²) in [7, 11) is 0. The molecule has 2 heteroatoms. The first-order valence-corrected chi connectivity index (χ1v) is 4.78. The first-order valence-electron chi connectivity index (χ1n) is 4.78. The van der Waals surface area contributed by atoms with E-state index in [-0.39, 0.29) is 11.7 Å². The van der Waals surface area contributed by atoms with Gasteiger partial charge in [0.05, 0.1) is 12.7 Å². The molecule has 0 spiro atoms. The van der Waals surface area contributed by atoms with Crippen molar-refractivity contribution in [3.63, 3.8) is 0 Å². The molecule has 0 aromatic heterocycles. The highest BCUT2D eigenvalue weighted by Crippen LogP contribution is 2.35. The molecule has 2 nitrogen and oxygen atoms in total. The van der Waals surface area contributed by atoms with E-state index in [0.717, 1.165) is 13.0 Å². The fourth-order valence-electron chi connectivity index (χ4n) is 1.76. The molecule has 0 bridgehead atoms. The second-order valence-corrected chi connectivity index (χ2v) is 4.65. The van der Waals surface area contributed by atoms with Crippen LogP contribution in [0.2, 0.25) is 0 Å². The van der Waals surface area contributed by atoms with Crippen LogP contribution in [0, 0.1) is 11.8 Å². The molecule has 1 heterocycles. The van der Waals surface area contributed by atoms with Crippen LogP contribution < -0.4 is 0 Å². The summed E-state index contributed by atoms with van der Waals surface area (Å²) >= 11 is 0. The van der Waals surface area contributed by atoms with Gasteiger partial charge in [0.25, 0.3) is 0 Å². The SMILES string of the molecule is CC(C)CC(C)[C@H](O)[C@@]1(C)CO1. The maximum Gasteiger partial charge on any atom is 0.115 e. The molecule has 1 N–H and O–H groups in total. The Balaban J connectivity index is 2.36. The predicted octanol–water partition coefficient (Wildman–Crippen LogP) is 1.82. The number of epoxide rings is 1. The summed E-state index contributed by atoms with van der Waals surface area (Å²) in [5, 5.41) is 9.84. The normalized spacial score (nSPS) is 33.5. The average molecular weight is 172 g/mol. The third kappa shape index (κ3) is 2.20. The number of hydrogen-bond donors (Lipinski definition) is 1. The Morgan fingerprint density at radius 1 is 1.42 bits per heavy atom. The van der Waals surface area contributed by atoms with E-state index < -0.39 is 0 Å². The van der Waals surface area contributed by atoms with Gasteiger partial charge < -0.3 is 9.84 Å². The van der Waals surface area contributed by atoms with Crippen molar-refractivity contribution < 1.29 is 9.84 Å². The molecule has 12 heavy (non-hydrogen) atoms. The van der Waals surface area contributed by atoms with Gasteiger partial charge in [-0.25, -0.2) is 0 Å². The van der Waals surface area contributed by atoms with Gasteiger partial charge in [-0.3, -0.25) is 0 Å². The second-order valence-electron chi connectivity index (χ2n) is 4.65. The lowest BCUT2D eigenvalue weighted by molar-refractivity contribution is 0.0336. The van der Waals surface area contributed by atoms with Crippen LogP contribution in [0.4, 0.5) is 0 Å². The van der Waals surface area contributed by atoms with Crippen LogP contribution in [-0.2, 0) is 4.74 Å². The highest BCUT2D eigenvalue weighted by atomic mass is 16.6. The zero-order chi connectivity index (χ0) is 9.35. The van der Waals surface area contributed by atoms with Crippen LogP contribution in [0.5, 0.6) is 0 Å². The van der Waals surface area contributed by atoms with Crippen molar-refractivity contribution in [3.05, 3.63) is 0 Å². The Labute approximate surface area is 74.9 Å². The molecule has 1 saturated heterocycles. The van der Waals surface area contributed by atoms with Crippen molar-refractivity contribution in [1.82, 2.24) is 0 Å². The van der Waals surface area contributed by atoms with Gasteiger partial charge in [0.2, 0.25) is 0 Å². The Bertz CT molecular complexity index is 150. The lowest BCUT2D eigenvalue weighted by Gasteiger charge is -2.23. The molecule has 1 aliphatic heterocycles. The lowest BCUT2D eigenvalue weighted by atomic mass is 9.87. The van der Waals surface area contributed by atoms with E-state index in [1.54, 1.807) is 0 Å². The topological polar surface area (TPSA) is 32.8 Å². The van der Waals surface area contributed by atoms with E-state index in [4.69, 9.17) is 4.74 Å². The number of aliphatic hydroxyl groups is 1. The van der Waals surface area contributed by atoms with E-state index in [1.807, 2.05) is 6.92 Å². The fourth-order valence-corrected chi connectivity index (χ4v) is 1.76. The molecule has 1 fully saturated rings. The zero-order valence-electron chi connectivity index (χ0n) is 8.50. The van der Waals surface area contributed by atoms with Crippen molar-refractivity contribution in [1.29, 1.82) is 0 Å². The summed E-state index contributed by atoms with van der Waals surface area (Å²) < 4.78 is 5.21. The van der Waals surface area contributed by atoms with Crippen LogP contribution in [0.3, 0.4) is 0 Å². The lowest BCUT2D eigenvalue weighted by Crippen LogP contribution is -2.33. The molecule has 3 atom stereocenters. The largest absolute Gasteiger partial charge is 0.390 e. The third-order valence-electron chi connectivity index (χ3n) is 2.61. The van der Waals surface area contributed by atoms with Crippen LogP contribution in [-0.4, -0.2) is 23.4 Å². The monoisotopic (exact) mass is 172 g/mol. The minimum atomic E-state index is -0.292. The summed E-state index contributed by atoms with van der Waals surface area (Å²) in [6.07, 6.45) is 0.778. The van der Waals surface area contributed by atoms with Gasteiger partial charge >= 0.3 is 0 Å². The van der Waals surface area contributed by atoms with Crippen LogP contribution >= 0.6 is 0 Å². The van der Waals surface area contributed by atoms with E-state index in [9.17, 15) is 5.11 Å². The molecule has 0 aromatic carbocycles. The first-order chi connectivity index (χ1) is 5.46. The highest BCUT2D eigenvalue weighted by molar-refractivity contribution is 4.96. The average Bonchev–Trinajstić information content (AvgIpc) is 2.66. The van der Waals surface area contributed by atoms with Gasteiger partial charge in [0, 0.05) is 0 Å². The van der Waals surface area contributed by atoms with Crippen molar-refractivity contribution in [2.24, 2.45) is 11.8 Å². The van der Waals surface area contributed by atoms with E-state index in [1.165, 1.54) is 0 Å². The van der Waals surface area contributed by atoms with Crippen molar-refractivity contribution in [3.8, 4) is 0 Å². The van der Waals surface area contributed by atoms with Crippen LogP contribution in [0.25, 0.3) is 0 Å². The second kappa shape index (κ2) is 3.35. The van der Waals surface area contributed by atoms with Gasteiger partial charge in [-0.05, 0) is 25.2 Å². The molecule has 0 amide bonds. The predicted molar refractivity (Wildman–Crippen MR) is 49.0 cm³/mol. The van der Waals surface area contributed by atoms with Crippen molar-refractivity contribution in [2.75, 3.05) is 6.61 Å². The molecular formula is C10H20O2. The molecule has 0 radical (unpaired) electrons.